The van der Waals surface area contributed by atoms with Crippen molar-refractivity contribution >= 4 is 62.9 Å². The topological polar surface area (TPSA) is 26.3 Å². The van der Waals surface area contributed by atoms with E-state index < -0.39 is 0 Å². The molecule has 18 heavy (non-hydrogen) atoms. The summed E-state index contributed by atoms with van der Waals surface area (Å²) >= 11 is 15.0. The first-order valence-electron chi connectivity index (χ1n) is 4.93. The average molecular weight is 413 g/mol. The van der Waals surface area contributed by atoms with Crippen molar-refractivity contribution in [3.8, 4) is 5.75 Å². The Morgan fingerprint density at radius 3 is 2.67 bits per heavy atom. The third-order valence-electron chi connectivity index (χ3n) is 2.15. The van der Waals surface area contributed by atoms with Crippen LogP contribution in [0.5, 0.6) is 5.75 Å². The molecule has 0 aliphatic carbocycles. The van der Waals surface area contributed by atoms with Crippen LogP contribution in [0.1, 0.15) is 10.4 Å². The summed E-state index contributed by atoms with van der Waals surface area (Å²) in [6.45, 7) is -0.0488. The van der Waals surface area contributed by atoms with Gasteiger partial charge in [0.25, 0.3) is 0 Å². The van der Waals surface area contributed by atoms with Crippen LogP contribution >= 0.6 is 57.1 Å². The molecule has 1 heterocycles. The van der Waals surface area contributed by atoms with Crippen LogP contribution in [0.25, 0.3) is 0 Å². The van der Waals surface area contributed by atoms with E-state index in [1.807, 2.05) is 24.3 Å². The van der Waals surface area contributed by atoms with Gasteiger partial charge in [-0.25, -0.2) is 0 Å². The second-order valence-electron chi connectivity index (χ2n) is 3.38. The maximum Gasteiger partial charge on any atom is 0.202 e. The van der Waals surface area contributed by atoms with Crippen molar-refractivity contribution in [3.05, 3.63) is 48.1 Å². The molecule has 0 saturated carbocycles. The number of carbonyl (C=O) groups is 1. The smallest absolute Gasteiger partial charge is 0.202 e. The van der Waals surface area contributed by atoms with Crippen LogP contribution in [0.2, 0.25) is 8.67 Å². The van der Waals surface area contributed by atoms with E-state index in [0.717, 1.165) is 3.57 Å². The molecule has 0 aliphatic heterocycles. The van der Waals surface area contributed by atoms with Gasteiger partial charge in [0.2, 0.25) is 5.78 Å². The normalized spacial score (nSPS) is 10.4. The van der Waals surface area contributed by atoms with Crippen molar-refractivity contribution < 1.29 is 9.53 Å². The van der Waals surface area contributed by atoms with Crippen LogP contribution in [0.3, 0.4) is 0 Å². The molecule has 6 heteroatoms. The first-order chi connectivity index (χ1) is 8.58. The molecule has 0 saturated heterocycles. The van der Waals surface area contributed by atoms with Crippen molar-refractivity contribution in [2.45, 2.75) is 0 Å². The second-order valence-corrected chi connectivity index (χ2v) is 6.83. The summed E-state index contributed by atoms with van der Waals surface area (Å²) in [6, 6.07) is 9.06. The quantitative estimate of drug-likeness (QED) is 0.526. The van der Waals surface area contributed by atoms with Crippen molar-refractivity contribution in [1.82, 2.24) is 0 Å². The van der Waals surface area contributed by atoms with Crippen LogP contribution in [0.15, 0.2) is 30.3 Å². The zero-order valence-corrected chi connectivity index (χ0v) is 13.4. The Hall–Kier alpha value is -0.300. The fourth-order valence-corrected chi connectivity index (χ4v) is 3.36. The number of Topliss-reactive ketones (excluding diaryl/α,β-unsaturated/α-hetero) is 1. The predicted octanol–water partition coefficient (Wildman–Crippen LogP) is 4.92. The van der Waals surface area contributed by atoms with E-state index in [9.17, 15) is 4.79 Å². The summed E-state index contributed by atoms with van der Waals surface area (Å²) in [5.74, 6) is 0.506. The number of halogens is 3. The number of hydrogen-bond donors (Lipinski definition) is 0. The van der Waals surface area contributed by atoms with Gasteiger partial charge in [-0.2, -0.15) is 0 Å². The SMILES string of the molecule is O=C(COc1ccccc1I)c1cc(Cl)sc1Cl. The van der Waals surface area contributed by atoms with Crippen LogP contribution in [0, 0.1) is 3.57 Å². The van der Waals surface area contributed by atoms with E-state index in [-0.39, 0.29) is 12.4 Å². The Kier molecular flexibility index (Phi) is 4.89. The highest BCUT2D eigenvalue weighted by Gasteiger charge is 2.15. The molecule has 94 valence electrons. The molecule has 0 N–H and O–H groups in total. The van der Waals surface area contributed by atoms with Gasteiger partial charge in [-0.1, -0.05) is 35.3 Å². The third kappa shape index (κ3) is 3.38. The lowest BCUT2D eigenvalue weighted by Crippen LogP contribution is -2.11. The number of carbonyl (C=O) groups excluding carboxylic acids is 1. The minimum absolute atomic E-state index is 0.0488. The molecule has 0 aliphatic rings. The molecule has 0 fully saturated rings. The van der Waals surface area contributed by atoms with Crippen molar-refractivity contribution in [1.29, 1.82) is 0 Å². The number of para-hydroxylation sites is 1. The van der Waals surface area contributed by atoms with Crippen molar-refractivity contribution in [3.63, 3.8) is 0 Å². The number of hydrogen-bond acceptors (Lipinski definition) is 3. The molecule has 0 unspecified atom stereocenters. The molecule has 2 nitrogen and oxygen atoms in total. The van der Waals surface area contributed by atoms with Gasteiger partial charge < -0.3 is 4.74 Å². The van der Waals surface area contributed by atoms with Crippen LogP contribution < -0.4 is 4.74 Å². The minimum atomic E-state index is -0.178. The third-order valence-corrected chi connectivity index (χ3v) is 4.53. The van der Waals surface area contributed by atoms with Gasteiger partial charge in [-0.15, -0.1) is 11.3 Å². The summed E-state index contributed by atoms with van der Waals surface area (Å²) in [6.07, 6.45) is 0. The number of benzene rings is 1. The van der Waals surface area contributed by atoms with Crippen LogP contribution in [-0.4, -0.2) is 12.4 Å². The van der Waals surface area contributed by atoms with Crippen LogP contribution in [0.4, 0.5) is 0 Å². The number of thiophene rings is 1. The Bertz CT molecular complexity index is 583. The monoisotopic (exact) mass is 412 g/mol. The Balaban J connectivity index is 2.05. The maximum atomic E-state index is 11.9. The first kappa shape index (κ1) is 14.1. The molecular formula is C12H7Cl2IO2S. The van der Waals surface area contributed by atoms with Gasteiger partial charge in [0, 0.05) is 0 Å². The summed E-state index contributed by atoms with van der Waals surface area (Å²) in [5, 5.41) is 0. The summed E-state index contributed by atoms with van der Waals surface area (Å²) < 4.78 is 7.32. The molecule has 0 spiro atoms. The highest BCUT2D eigenvalue weighted by molar-refractivity contribution is 14.1. The largest absolute Gasteiger partial charge is 0.484 e. The molecule has 2 rings (SSSR count). The Morgan fingerprint density at radius 2 is 2.06 bits per heavy atom. The molecule has 1 aromatic carbocycles. The van der Waals surface area contributed by atoms with Gasteiger partial charge in [0.1, 0.15) is 10.1 Å². The van der Waals surface area contributed by atoms with Gasteiger partial charge in [-0.05, 0) is 40.8 Å². The molecule has 0 amide bonds. The van der Waals surface area contributed by atoms with Gasteiger partial charge >= 0.3 is 0 Å². The lowest BCUT2D eigenvalue weighted by Gasteiger charge is -2.06. The lowest BCUT2D eigenvalue weighted by molar-refractivity contribution is 0.0921. The van der Waals surface area contributed by atoms with Gasteiger partial charge in [0.15, 0.2) is 6.61 Å². The predicted molar refractivity (Wildman–Crippen MR) is 83.3 cm³/mol. The van der Waals surface area contributed by atoms with E-state index in [4.69, 9.17) is 27.9 Å². The van der Waals surface area contributed by atoms with E-state index in [1.54, 1.807) is 6.07 Å². The average Bonchev–Trinajstić information content (AvgIpc) is 2.67. The highest BCUT2D eigenvalue weighted by atomic mass is 127. The fourth-order valence-electron chi connectivity index (χ4n) is 1.31. The van der Waals surface area contributed by atoms with Crippen molar-refractivity contribution in [2.75, 3.05) is 6.61 Å². The van der Waals surface area contributed by atoms with E-state index >= 15 is 0 Å². The maximum absolute atomic E-state index is 11.9. The second kappa shape index (κ2) is 6.23. The zero-order chi connectivity index (χ0) is 13.1. The van der Waals surface area contributed by atoms with E-state index in [1.165, 1.54) is 11.3 Å². The summed E-state index contributed by atoms with van der Waals surface area (Å²) in [4.78, 5) is 11.9. The Labute approximate surface area is 132 Å². The molecule has 2 aromatic rings. The molecule has 0 atom stereocenters. The highest BCUT2D eigenvalue weighted by Crippen LogP contribution is 2.31. The number of ether oxygens (including phenoxy) is 1. The Morgan fingerprint density at radius 1 is 1.33 bits per heavy atom. The molecule has 0 bridgehead atoms. The molecule has 1 aromatic heterocycles. The fraction of sp³-hybridized carbons (Fsp3) is 0.0833. The van der Waals surface area contributed by atoms with Gasteiger partial charge in [-0.3, -0.25) is 4.79 Å². The number of ketones is 1. The minimum Gasteiger partial charge on any atom is -0.484 e. The molecular weight excluding hydrogens is 406 g/mol. The summed E-state index contributed by atoms with van der Waals surface area (Å²) in [5.41, 5.74) is 0.414. The lowest BCUT2D eigenvalue weighted by atomic mass is 10.2. The first-order valence-corrected chi connectivity index (χ1v) is 7.58. The standard InChI is InChI=1S/C12H7Cl2IO2S/c13-11-5-7(12(14)18-11)9(16)6-17-10-4-2-1-3-8(10)15/h1-5H,6H2. The van der Waals surface area contributed by atoms with Crippen molar-refractivity contribution in [2.24, 2.45) is 0 Å². The van der Waals surface area contributed by atoms with E-state index in [2.05, 4.69) is 22.6 Å². The molecule has 0 radical (unpaired) electrons. The summed E-state index contributed by atoms with van der Waals surface area (Å²) in [7, 11) is 0. The van der Waals surface area contributed by atoms with Crippen LogP contribution in [-0.2, 0) is 0 Å². The van der Waals surface area contributed by atoms with E-state index in [0.29, 0.717) is 20.0 Å². The number of rotatable bonds is 4. The zero-order valence-electron chi connectivity index (χ0n) is 8.95. The van der Waals surface area contributed by atoms with Gasteiger partial charge in [0.05, 0.1) is 13.5 Å².